The SMILES string of the molecule is CCCCN(C(F)(F)C(O)(F)F)S(=O)(=O)C(F)(F)C(F)(F)C(F)(F)C(F)(F)C(F)(F)C(F)(F)C(F)(F)C(F)(F)F. The molecular weight excluding hydrogens is 661 g/mol. The monoisotopic (exact) mass is 671 g/mol. The molecule has 0 heterocycles. The molecule has 0 atom stereocenters. The summed E-state index contributed by atoms with van der Waals surface area (Å²) >= 11 is 0. The zero-order valence-electron chi connectivity index (χ0n) is 18.2. The number of hydrogen-bond acceptors (Lipinski definition) is 3. The molecule has 40 heavy (non-hydrogen) atoms. The molecule has 0 unspecified atom stereocenters. The smallest absolute Gasteiger partial charge is 0.330 e. The lowest BCUT2D eigenvalue weighted by Crippen LogP contribution is -2.75. The highest BCUT2D eigenvalue weighted by atomic mass is 32.2. The van der Waals surface area contributed by atoms with Crippen LogP contribution in [0.15, 0.2) is 0 Å². The van der Waals surface area contributed by atoms with Crippen LogP contribution in [0.3, 0.4) is 0 Å². The summed E-state index contributed by atoms with van der Waals surface area (Å²) in [5, 5.41) is -0.454. The number of alkyl halides is 21. The van der Waals surface area contributed by atoms with E-state index in [-0.39, 0.29) is 0 Å². The molecule has 0 aliphatic rings. The van der Waals surface area contributed by atoms with Crippen LogP contribution in [-0.2, 0) is 10.0 Å². The molecule has 0 saturated heterocycles. The Hall–Kier alpha value is -1.60. The first kappa shape index (κ1) is 38.4. The number of aliphatic hydroxyl groups is 1. The Kier molecular flexibility index (Phi) is 9.60. The van der Waals surface area contributed by atoms with E-state index in [1.807, 2.05) is 0 Å². The van der Waals surface area contributed by atoms with E-state index in [2.05, 4.69) is 0 Å². The Morgan fingerprint density at radius 3 is 1.12 bits per heavy atom. The van der Waals surface area contributed by atoms with Crippen LogP contribution in [0.1, 0.15) is 19.8 Å². The summed E-state index contributed by atoms with van der Waals surface area (Å²) in [4.78, 5) is 0. The molecule has 0 aliphatic carbocycles. The molecule has 0 aromatic heterocycles. The van der Waals surface area contributed by atoms with Crippen molar-refractivity contribution in [3.63, 3.8) is 0 Å². The molecule has 0 saturated carbocycles. The molecule has 0 rings (SSSR count). The van der Waals surface area contributed by atoms with Crippen LogP contribution in [-0.4, -0.2) is 83.5 Å². The molecule has 4 nitrogen and oxygen atoms in total. The molecule has 0 fully saturated rings. The minimum Gasteiger partial charge on any atom is -0.330 e. The molecule has 242 valence electrons. The second-order valence-electron chi connectivity index (χ2n) is 7.47. The molecule has 0 radical (unpaired) electrons. The summed E-state index contributed by atoms with van der Waals surface area (Å²) in [6.45, 7) is -1.79. The Labute approximate surface area is 206 Å². The fourth-order valence-electron chi connectivity index (χ4n) is 2.31. The van der Waals surface area contributed by atoms with Crippen molar-refractivity contribution < 1.29 is 106 Å². The van der Waals surface area contributed by atoms with Crippen molar-refractivity contribution >= 4 is 10.0 Å². The predicted molar refractivity (Wildman–Crippen MR) is 83.3 cm³/mol. The molecule has 0 aromatic rings. The molecule has 0 aliphatic heterocycles. The molecule has 0 amide bonds. The third kappa shape index (κ3) is 5.01. The van der Waals surface area contributed by atoms with E-state index >= 15 is 0 Å². The minimum absolute atomic E-state index is 0.746. The van der Waals surface area contributed by atoms with Gasteiger partial charge in [-0.1, -0.05) is 13.3 Å². The fraction of sp³-hybridized carbons (Fsp3) is 1.00. The van der Waals surface area contributed by atoms with Gasteiger partial charge in [0.25, 0.3) is 10.0 Å². The van der Waals surface area contributed by atoms with Crippen LogP contribution < -0.4 is 0 Å². The minimum atomic E-state index is -9.24. The second-order valence-corrected chi connectivity index (χ2v) is 9.38. The van der Waals surface area contributed by atoms with Crippen molar-refractivity contribution in [2.24, 2.45) is 0 Å². The lowest BCUT2D eigenvalue weighted by molar-refractivity contribution is -0.458. The lowest BCUT2D eigenvalue weighted by atomic mass is 9.91. The molecule has 1 N–H and O–H groups in total. The van der Waals surface area contributed by atoms with Gasteiger partial charge in [0, 0.05) is 6.54 Å². The average Bonchev–Trinajstić information content (AvgIpc) is 2.70. The topological polar surface area (TPSA) is 57.6 Å². The average molecular weight is 671 g/mol. The van der Waals surface area contributed by atoms with Gasteiger partial charge in [-0.05, 0) is 6.42 Å². The highest BCUT2D eigenvalue weighted by Gasteiger charge is 2.96. The highest BCUT2D eigenvalue weighted by Crippen LogP contribution is 2.64. The van der Waals surface area contributed by atoms with Gasteiger partial charge in [0.1, 0.15) is 0 Å². The number of hydrogen-bond donors (Lipinski definition) is 1. The summed E-state index contributed by atoms with van der Waals surface area (Å²) in [5.74, 6) is -54.0. The highest BCUT2D eigenvalue weighted by molar-refractivity contribution is 7.90. The van der Waals surface area contributed by atoms with Crippen molar-refractivity contribution in [1.29, 1.82) is 0 Å². The Morgan fingerprint density at radius 2 is 0.850 bits per heavy atom. The fourth-order valence-corrected chi connectivity index (χ4v) is 3.82. The first-order chi connectivity index (χ1) is 16.9. The first-order valence-corrected chi connectivity index (χ1v) is 10.6. The van der Waals surface area contributed by atoms with Crippen molar-refractivity contribution in [3.8, 4) is 0 Å². The lowest BCUT2D eigenvalue weighted by Gasteiger charge is -2.43. The van der Waals surface area contributed by atoms with E-state index < -0.39 is 92.8 Å². The summed E-state index contributed by atoms with van der Waals surface area (Å²) in [5.41, 5.74) is 0. The maximum absolute atomic E-state index is 14.1. The van der Waals surface area contributed by atoms with Crippen LogP contribution in [0.25, 0.3) is 0 Å². The van der Waals surface area contributed by atoms with Crippen molar-refractivity contribution in [3.05, 3.63) is 0 Å². The van der Waals surface area contributed by atoms with E-state index in [0.717, 1.165) is 6.92 Å². The summed E-state index contributed by atoms with van der Waals surface area (Å²) < 4.78 is 299. The first-order valence-electron chi connectivity index (χ1n) is 9.16. The van der Waals surface area contributed by atoms with Crippen LogP contribution in [0.5, 0.6) is 0 Å². The molecule has 0 bridgehead atoms. The van der Waals surface area contributed by atoms with Gasteiger partial charge < -0.3 is 5.11 Å². The normalized spacial score (nSPS) is 16.6. The van der Waals surface area contributed by atoms with Gasteiger partial charge >= 0.3 is 59.1 Å². The second kappa shape index (κ2) is 10.00. The third-order valence-corrected chi connectivity index (χ3v) is 6.59. The number of nitrogens with zero attached hydrogens (tertiary/aromatic N) is 1. The Morgan fingerprint density at radius 1 is 0.550 bits per heavy atom. The number of unbranched alkanes of at least 4 members (excludes halogenated alkanes) is 1. The van der Waals surface area contributed by atoms with E-state index in [1.165, 1.54) is 0 Å². The number of halogens is 21. The zero-order valence-corrected chi connectivity index (χ0v) is 19.0. The largest absolute Gasteiger partial charge is 0.460 e. The van der Waals surface area contributed by atoms with Gasteiger partial charge in [-0.3, -0.25) is 0 Å². The standard InChI is InChI=1S/C14H10F21NO3S/c1-2-3-4-36(12(30,31)13(32,33)37)40(38,39)14(34,35)10(25,26)8(21,22)6(17,18)5(15,16)7(19,20)9(23,24)11(27,28)29/h37H,2-4H2,1H3. The number of rotatable bonds is 13. The van der Waals surface area contributed by atoms with E-state index in [0.29, 0.717) is 0 Å². The molecular formula is C14H10F21NO3S. The van der Waals surface area contributed by atoms with E-state index in [1.54, 1.807) is 0 Å². The van der Waals surface area contributed by atoms with Gasteiger partial charge in [-0.2, -0.15) is 92.2 Å². The van der Waals surface area contributed by atoms with Crippen molar-refractivity contribution in [2.45, 2.75) is 78.9 Å². The van der Waals surface area contributed by atoms with Gasteiger partial charge in [-0.25, -0.2) is 8.42 Å². The molecule has 0 spiro atoms. The van der Waals surface area contributed by atoms with Gasteiger partial charge in [0.15, 0.2) is 0 Å². The summed E-state index contributed by atoms with van der Waals surface area (Å²) in [6, 6.07) is -7.05. The maximum Gasteiger partial charge on any atom is 0.460 e. The number of sulfonamides is 1. The van der Waals surface area contributed by atoms with Crippen LogP contribution in [0, 0.1) is 0 Å². The summed E-state index contributed by atoms with van der Waals surface area (Å²) in [6.07, 6.45) is -17.1. The molecule has 0 aromatic carbocycles. The van der Waals surface area contributed by atoms with Crippen LogP contribution >= 0.6 is 0 Å². The van der Waals surface area contributed by atoms with Crippen LogP contribution in [0.2, 0.25) is 0 Å². The maximum atomic E-state index is 14.1. The van der Waals surface area contributed by atoms with Gasteiger partial charge in [0.05, 0.1) is 0 Å². The predicted octanol–water partition coefficient (Wildman–Crippen LogP) is 6.56. The van der Waals surface area contributed by atoms with E-state index in [9.17, 15) is 101 Å². The van der Waals surface area contributed by atoms with Crippen molar-refractivity contribution in [1.82, 2.24) is 4.31 Å². The van der Waals surface area contributed by atoms with E-state index in [4.69, 9.17) is 5.11 Å². The Balaban J connectivity index is 7.36. The zero-order chi connectivity index (χ0) is 33.2. The van der Waals surface area contributed by atoms with Gasteiger partial charge in [0.2, 0.25) is 0 Å². The Bertz CT molecular complexity index is 1010. The quantitative estimate of drug-likeness (QED) is 0.178. The molecule has 26 heteroatoms. The van der Waals surface area contributed by atoms with Crippen molar-refractivity contribution in [2.75, 3.05) is 6.54 Å². The van der Waals surface area contributed by atoms with Crippen LogP contribution in [0.4, 0.5) is 92.2 Å². The van der Waals surface area contributed by atoms with Gasteiger partial charge in [-0.15, -0.1) is 4.31 Å². The third-order valence-electron chi connectivity index (χ3n) is 4.70. The summed E-state index contributed by atoms with van der Waals surface area (Å²) in [7, 11) is -8.76.